The van der Waals surface area contributed by atoms with Gasteiger partial charge in [-0.25, -0.2) is 13.6 Å². The molecule has 2 aliphatic rings. The molecule has 1 aliphatic carbocycles. The van der Waals surface area contributed by atoms with Crippen LogP contribution in [-0.4, -0.2) is 44.6 Å². The Labute approximate surface area is 160 Å². The van der Waals surface area contributed by atoms with E-state index in [1.165, 1.54) is 4.90 Å². The van der Waals surface area contributed by atoms with Crippen molar-refractivity contribution in [2.45, 2.75) is 44.3 Å². The first kappa shape index (κ1) is 18.4. The number of carbonyl (C=O) groups excluding carboxylic acids is 2. The highest BCUT2D eigenvalue weighted by Gasteiger charge is 2.54. The summed E-state index contributed by atoms with van der Waals surface area (Å²) >= 11 is 0. The Balaban J connectivity index is 1.57. The van der Waals surface area contributed by atoms with Gasteiger partial charge in [-0.2, -0.15) is 5.10 Å². The standard InChI is InChI=1S/C19H21F2N5O2/c1-18(10-19(20,21)11-18)23-17(28)25-7-8-26-13(9-25)14(16(22)27)15(24-26)12-5-3-2-4-6-12/h2-6H,7-11H2,1H3,(H2,22,27)(H,23,28). The average molecular weight is 389 g/mol. The maximum atomic E-state index is 13.2. The fraction of sp³-hybridized carbons (Fsp3) is 0.421. The van der Waals surface area contributed by atoms with E-state index in [1.807, 2.05) is 30.3 Å². The molecule has 0 radical (unpaired) electrons. The van der Waals surface area contributed by atoms with Gasteiger partial charge in [0.05, 0.1) is 29.9 Å². The average Bonchev–Trinajstić information content (AvgIpc) is 2.99. The lowest BCUT2D eigenvalue weighted by Crippen LogP contribution is -2.62. The van der Waals surface area contributed by atoms with Crippen LogP contribution >= 0.6 is 0 Å². The SMILES string of the molecule is CC1(NC(=O)N2CCn3nc(-c4ccccc4)c(C(N)=O)c3C2)CC(F)(F)C1. The third-order valence-corrected chi connectivity index (χ3v) is 5.27. The summed E-state index contributed by atoms with van der Waals surface area (Å²) < 4.78 is 28.1. The predicted octanol–water partition coefficient (Wildman–Crippen LogP) is 2.36. The van der Waals surface area contributed by atoms with Crippen LogP contribution in [-0.2, 0) is 13.1 Å². The number of primary amides is 1. The van der Waals surface area contributed by atoms with Gasteiger partial charge in [-0.3, -0.25) is 9.48 Å². The van der Waals surface area contributed by atoms with Gasteiger partial charge in [-0.15, -0.1) is 0 Å². The summed E-state index contributed by atoms with van der Waals surface area (Å²) in [5.41, 5.74) is 6.77. The monoisotopic (exact) mass is 389 g/mol. The molecular weight excluding hydrogens is 368 g/mol. The van der Waals surface area contributed by atoms with Gasteiger partial charge in [-0.05, 0) is 6.92 Å². The number of nitrogens with two attached hydrogens (primary N) is 1. The molecule has 0 unspecified atom stereocenters. The molecule has 9 heteroatoms. The van der Waals surface area contributed by atoms with Crippen molar-refractivity contribution in [1.29, 1.82) is 0 Å². The van der Waals surface area contributed by atoms with Crippen molar-refractivity contribution in [2.75, 3.05) is 6.54 Å². The third kappa shape index (κ3) is 3.21. The quantitative estimate of drug-likeness (QED) is 0.844. The highest BCUT2D eigenvalue weighted by molar-refractivity contribution is 6.00. The van der Waals surface area contributed by atoms with E-state index in [0.29, 0.717) is 24.5 Å². The number of fused-ring (bicyclic) bond motifs is 1. The Bertz CT molecular complexity index is 933. The van der Waals surface area contributed by atoms with Crippen LogP contribution in [0.4, 0.5) is 13.6 Å². The van der Waals surface area contributed by atoms with Crippen molar-refractivity contribution in [2.24, 2.45) is 5.73 Å². The van der Waals surface area contributed by atoms with Crippen molar-refractivity contribution in [3.8, 4) is 11.3 Å². The lowest BCUT2D eigenvalue weighted by molar-refractivity contribution is -0.124. The molecule has 2 heterocycles. The Morgan fingerprint density at radius 3 is 2.46 bits per heavy atom. The van der Waals surface area contributed by atoms with Crippen molar-refractivity contribution in [1.82, 2.24) is 20.0 Å². The first-order chi connectivity index (χ1) is 13.2. The topological polar surface area (TPSA) is 93.2 Å². The van der Waals surface area contributed by atoms with Gasteiger partial charge in [0.1, 0.15) is 5.69 Å². The van der Waals surface area contributed by atoms with Gasteiger partial charge in [0, 0.05) is 24.9 Å². The first-order valence-electron chi connectivity index (χ1n) is 9.07. The fourth-order valence-electron chi connectivity index (χ4n) is 4.06. The van der Waals surface area contributed by atoms with Gasteiger partial charge in [-0.1, -0.05) is 30.3 Å². The van der Waals surface area contributed by atoms with E-state index in [0.717, 1.165) is 5.56 Å². The largest absolute Gasteiger partial charge is 0.365 e. The van der Waals surface area contributed by atoms with Crippen LogP contribution in [0.1, 0.15) is 35.8 Å². The molecule has 148 valence electrons. The maximum absolute atomic E-state index is 13.2. The molecule has 0 atom stereocenters. The summed E-state index contributed by atoms with van der Waals surface area (Å²) in [5, 5.41) is 7.21. The molecule has 2 aromatic rings. The number of rotatable bonds is 3. The Morgan fingerprint density at radius 2 is 1.86 bits per heavy atom. The van der Waals surface area contributed by atoms with Crippen molar-refractivity contribution in [3.63, 3.8) is 0 Å². The molecule has 0 saturated heterocycles. The molecule has 1 aromatic carbocycles. The summed E-state index contributed by atoms with van der Waals surface area (Å²) in [6.45, 7) is 2.50. The maximum Gasteiger partial charge on any atom is 0.318 e. The number of benzene rings is 1. The Morgan fingerprint density at radius 1 is 1.18 bits per heavy atom. The van der Waals surface area contributed by atoms with Crippen molar-refractivity contribution >= 4 is 11.9 Å². The summed E-state index contributed by atoms with van der Waals surface area (Å²) in [5.74, 6) is -3.35. The summed E-state index contributed by atoms with van der Waals surface area (Å²) in [6, 6.07) is 8.79. The Hall–Kier alpha value is -2.97. The molecule has 4 rings (SSSR count). The van der Waals surface area contributed by atoms with E-state index < -0.39 is 23.4 Å². The molecule has 1 aromatic heterocycles. The molecule has 3 amide bonds. The minimum atomic E-state index is -2.73. The van der Waals surface area contributed by atoms with E-state index in [4.69, 9.17) is 5.73 Å². The minimum Gasteiger partial charge on any atom is -0.365 e. The zero-order chi connectivity index (χ0) is 20.1. The van der Waals surface area contributed by atoms with Gasteiger partial charge in [0.15, 0.2) is 0 Å². The van der Waals surface area contributed by atoms with E-state index in [2.05, 4.69) is 10.4 Å². The van der Waals surface area contributed by atoms with Gasteiger partial charge in [0.2, 0.25) is 0 Å². The lowest BCUT2D eigenvalue weighted by Gasteiger charge is -2.46. The highest BCUT2D eigenvalue weighted by Crippen LogP contribution is 2.45. The van der Waals surface area contributed by atoms with Gasteiger partial charge >= 0.3 is 6.03 Å². The Kier molecular flexibility index (Phi) is 4.13. The normalized spacial score (nSPS) is 19.5. The van der Waals surface area contributed by atoms with Crippen molar-refractivity contribution < 1.29 is 18.4 Å². The summed E-state index contributed by atoms with van der Waals surface area (Å²) in [6.07, 6.45) is -0.746. The second-order valence-electron chi connectivity index (χ2n) is 7.75. The molecule has 1 saturated carbocycles. The van der Waals surface area contributed by atoms with Crippen LogP contribution in [0.5, 0.6) is 0 Å². The van der Waals surface area contributed by atoms with Crippen LogP contribution in [0.2, 0.25) is 0 Å². The molecule has 7 nitrogen and oxygen atoms in total. The molecule has 0 spiro atoms. The number of amides is 3. The smallest absolute Gasteiger partial charge is 0.318 e. The number of nitrogens with zero attached hydrogens (tertiary/aromatic N) is 3. The molecular formula is C19H21F2N5O2. The number of hydrogen-bond acceptors (Lipinski definition) is 3. The predicted molar refractivity (Wildman–Crippen MR) is 97.7 cm³/mol. The second kappa shape index (κ2) is 6.29. The summed E-state index contributed by atoms with van der Waals surface area (Å²) in [7, 11) is 0. The number of halogens is 2. The zero-order valence-electron chi connectivity index (χ0n) is 15.4. The molecule has 1 fully saturated rings. The number of carbonyl (C=O) groups is 2. The van der Waals surface area contributed by atoms with Crippen molar-refractivity contribution in [3.05, 3.63) is 41.6 Å². The fourth-order valence-corrected chi connectivity index (χ4v) is 4.06. The van der Waals surface area contributed by atoms with Gasteiger partial charge in [0.25, 0.3) is 11.8 Å². The molecule has 3 N–H and O–H groups in total. The van der Waals surface area contributed by atoms with E-state index in [9.17, 15) is 18.4 Å². The molecule has 28 heavy (non-hydrogen) atoms. The second-order valence-corrected chi connectivity index (χ2v) is 7.75. The number of alkyl halides is 2. The van der Waals surface area contributed by atoms with Crippen LogP contribution < -0.4 is 11.1 Å². The summed E-state index contributed by atoms with van der Waals surface area (Å²) in [4.78, 5) is 26.2. The first-order valence-corrected chi connectivity index (χ1v) is 9.07. The van der Waals surface area contributed by atoms with Crippen LogP contribution in [0.3, 0.4) is 0 Å². The number of aromatic nitrogens is 2. The minimum absolute atomic E-state index is 0.135. The van der Waals surface area contributed by atoms with E-state index >= 15 is 0 Å². The van der Waals surface area contributed by atoms with E-state index in [1.54, 1.807) is 11.6 Å². The number of hydrogen-bond donors (Lipinski definition) is 2. The molecule has 1 aliphatic heterocycles. The zero-order valence-corrected chi connectivity index (χ0v) is 15.4. The van der Waals surface area contributed by atoms with Crippen LogP contribution in [0, 0.1) is 0 Å². The third-order valence-electron chi connectivity index (χ3n) is 5.27. The van der Waals surface area contributed by atoms with Gasteiger partial charge < -0.3 is 16.0 Å². The van der Waals surface area contributed by atoms with Crippen LogP contribution in [0.15, 0.2) is 30.3 Å². The highest BCUT2D eigenvalue weighted by atomic mass is 19.3. The molecule has 0 bridgehead atoms. The van der Waals surface area contributed by atoms with Crippen LogP contribution in [0.25, 0.3) is 11.3 Å². The lowest BCUT2D eigenvalue weighted by atomic mass is 9.75. The number of urea groups is 1. The number of nitrogens with one attached hydrogen (secondary N) is 1. The van der Waals surface area contributed by atoms with E-state index in [-0.39, 0.29) is 24.9 Å².